The van der Waals surface area contributed by atoms with Gasteiger partial charge in [0.05, 0.1) is 21.3 Å². The largest absolute Gasteiger partial charge is 0.348 e. The predicted molar refractivity (Wildman–Crippen MR) is 117 cm³/mol. The fraction of sp³-hybridized carbons (Fsp3) is 0.0588. The van der Waals surface area contributed by atoms with E-state index in [2.05, 4.69) is 15.0 Å². The molecule has 0 saturated heterocycles. The molecule has 0 aliphatic carbocycles. The molecule has 2 N–H and O–H groups in total. The van der Waals surface area contributed by atoms with Crippen LogP contribution in [0.15, 0.2) is 47.5 Å². The summed E-state index contributed by atoms with van der Waals surface area (Å²) in [5.74, 6) is -0.429. The third kappa shape index (κ3) is 5.53. The molecule has 152 valence electrons. The smallest absolute Gasteiger partial charge is 0.265 e. The molecule has 3 rings (SSSR count). The van der Waals surface area contributed by atoms with E-state index in [1.165, 1.54) is 24.4 Å². The number of rotatable bonds is 6. The van der Waals surface area contributed by atoms with Gasteiger partial charge in [-0.1, -0.05) is 63.8 Å². The lowest BCUT2D eigenvalue weighted by atomic mass is 10.2. The Labute approximate surface area is 190 Å². The van der Waals surface area contributed by atoms with Gasteiger partial charge >= 0.3 is 0 Å². The Morgan fingerprint density at radius 3 is 2.38 bits per heavy atom. The maximum Gasteiger partial charge on any atom is 0.265 e. The van der Waals surface area contributed by atoms with Crippen molar-refractivity contribution in [2.24, 2.45) is 0 Å². The number of hydrogen-bond acceptors (Lipinski definition) is 5. The van der Waals surface area contributed by atoms with Gasteiger partial charge in [-0.2, -0.15) is 0 Å². The molecule has 0 fully saturated rings. The molecular formula is C17H11Cl4N3O3S2. The zero-order valence-corrected chi connectivity index (χ0v) is 18.9. The molecule has 0 spiro atoms. The average Bonchev–Trinajstić information content (AvgIpc) is 3.06. The summed E-state index contributed by atoms with van der Waals surface area (Å²) < 4.78 is 27.6. The second-order valence-electron chi connectivity index (χ2n) is 5.65. The maximum atomic E-state index is 12.5. The molecule has 1 amide bonds. The van der Waals surface area contributed by atoms with Crippen LogP contribution in [0.2, 0.25) is 19.4 Å². The van der Waals surface area contributed by atoms with E-state index in [0.717, 1.165) is 16.9 Å². The molecule has 1 heterocycles. The normalized spacial score (nSPS) is 11.3. The molecule has 0 aliphatic rings. The van der Waals surface area contributed by atoms with Gasteiger partial charge in [-0.15, -0.1) is 0 Å². The second kappa shape index (κ2) is 9.07. The van der Waals surface area contributed by atoms with Crippen molar-refractivity contribution in [1.29, 1.82) is 0 Å². The van der Waals surface area contributed by atoms with Crippen molar-refractivity contribution in [2.75, 3.05) is 4.72 Å². The maximum absolute atomic E-state index is 12.5. The van der Waals surface area contributed by atoms with Crippen LogP contribution in [-0.4, -0.2) is 19.3 Å². The monoisotopic (exact) mass is 509 g/mol. The van der Waals surface area contributed by atoms with Gasteiger partial charge < -0.3 is 5.32 Å². The SMILES string of the molecule is O=C(NCc1ccc(Cl)c(Cl)c1)c1ccc(S(=O)(=O)Nc2ncc(Cl)s2)c(Cl)c1. The lowest BCUT2D eigenvalue weighted by Gasteiger charge is -2.10. The van der Waals surface area contributed by atoms with Crippen LogP contribution in [0.1, 0.15) is 15.9 Å². The molecule has 2 aromatic carbocycles. The third-order valence-corrected chi connectivity index (χ3v) is 7.34. The summed E-state index contributed by atoms with van der Waals surface area (Å²) in [7, 11) is -3.99. The molecule has 3 aromatic rings. The van der Waals surface area contributed by atoms with Crippen LogP contribution in [0, 0.1) is 0 Å². The van der Waals surface area contributed by atoms with Gasteiger partial charge in [-0.3, -0.25) is 9.52 Å². The molecule has 0 atom stereocenters. The lowest BCUT2D eigenvalue weighted by Crippen LogP contribution is -2.23. The molecule has 29 heavy (non-hydrogen) atoms. The first kappa shape index (κ1) is 22.1. The third-order valence-electron chi connectivity index (χ3n) is 3.62. The van der Waals surface area contributed by atoms with Crippen molar-refractivity contribution >= 4 is 78.8 Å². The Morgan fingerprint density at radius 2 is 1.76 bits per heavy atom. The Balaban J connectivity index is 1.72. The predicted octanol–water partition coefficient (Wildman–Crippen LogP) is 5.49. The molecule has 0 aliphatic heterocycles. The minimum absolute atomic E-state index is 0.106. The van der Waals surface area contributed by atoms with Crippen molar-refractivity contribution < 1.29 is 13.2 Å². The van der Waals surface area contributed by atoms with Crippen molar-refractivity contribution in [1.82, 2.24) is 10.3 Å². The van der Waals surface area contributed by atoms with E-state index in [-0.39, 0.29) is 27.2 Å². The van der Waals surface area contributed by atoms with Crippen LogP contribution in [0.3, 0.4) is 0 Å². The van der Waals surface area contributed by atoms with Crippen molar-refractivity contribution in [3.63, 3.8) is 0 Å². The summed E-state index contributed by atoms with van der Waals surface area (Å²) in [4.78, 5) is 16.0. The summed E-state index contributed by atoms with van der Waals surface area (Å²) in [6.07, 6.45) is 1.33. The van der Waals surface area contributed by atoms with Gasteiger partial charge in [-0.05, 0) is 35.9 Å². The highest BCUT2D eigenvalue weighted by molar-refractivity contribution is 7.93. The van der Waals surface area contributed by atoms with Gasteiger partial charge in [0, 0.05) is 12.1 Å². The van der Waals surface area contributed by atoms with E-state index >= 15 is 0 Å². The average molecular weight is 511 g/mol. The van der Waals surface area contributed by atoms with Crippen LogP contribution in [-0.2, 0) is 16.6 Å². The second-order valence-corrected chi connectivity index (χ2v) is 10.2. The number of halogens is 4. The van der Waals surface area contributed by atoms with Crippen molar-refractivity contribution in [3.8, 4) is 0 Å². The number of amides is 1. The Hall–Kier alpha value is -1.55. The summed E-state index contributed by atoms with van der Waals surface area (Å²) in [5, 5.41) is 3.50. The molecule has 12 heteroatoms. The Kier molecular flexibility index (Phi) is 6.93. The van der Waals surface area contributed by atoms with Crippen LogP contribution >= 0.6 is 57.7 Å². The quantitative estimate of drug-likeness (QED) is 0.459. The number of carbonyl (C=O) groups excluding carboxylic acids is 1. The number of aromatic nitrogens is 1. The minimum atomic E-state index is -3.99. The zero-order chi connectivity index (χ0) is 21.2. The highest BCUT2D eigenvalue weighted by Gasteiger charge is 2.21. The van der Waals surface area contributed by atoms with Gasteiger partial charge in [0.1, 0.15) is 9.23 Å². The molecule has 0 radical (unpaired) electrons. The van der Waals surface area contributed by atoms with E-state index in [9.17, 15) is 13.2 Å². The van der Waals surface area contributed by atoms with E-state index in [0.29, 0.717) is 14.4 Å². The van der Waals surface area contributed by atoms with Crippen molar-refractivity contribution in [2.45, 2.75) is 11.4 Å². The first-order valence-electron chi connectivity index (χ1n) is 7.81. The van der Waals surface area contributed by atoms with Gasteiger partial charge in [0.25, 0.3) is 15.9 Å². The number of sulfonamides is 1. The first-order valence-corrected chi connectivity index (χ1v) is 11.6. The van der Waals surface area contributed by atoms with Crippen molar-refractivity contribution in [3.05, 3.63) is 73.1 Å². The van der Waals surface area contributed by atoms with Gasteiger partial charge in [0.2, 0.25) is 0 Å². The zero-order valence-electron chi connectivity index (χ0n) is 14.2. The van der Waals surface area contributed by atoms with Crippen LogP contribution in [0.5, 0.6) is 0 Å². The molecule has 6 nitrogen and oxygen atoms in total. The number of benzene rings is 2. The van der Waals surface area contributed by atoms with E-state index in [1.807, 2.05) is 0 Å². The number of carbonyl (C=O) groups is 1. The molecule has 0 bridgehead atoms. The van der Waals surface area contributed by atoms with Crippen LogP contribution < -0.4 is 10.0 Å². The first-order chi connectivity index (χ1) is 13.7. The van der Waals surface area contributed by atoms with E-state index in [4.69, 9.17) is 46.4 Å². The number of thiazole rings is 1. The molecule has 0 saturated carbocycles. The highest BCUT2D eigenvalue weighted by atomic mass is 35.5. The number of nitrogens with one attached hydrogen (secondary N) is 2. The fourth-order valence-corrected chi connectivity index (χ4v) is 5.19. The Bertz CT molecular complexity index is 1180. The summed E-state index contributed by atoms with van der Waals surface area (Å²) in [5.41, 5.74) is 0.954. The fourth-order valence-electron chi connectivity index (χ4n) is 2.27. The van der Waals surface area contributed by atoms with E-state index < -0.39 is 15.9 Å². The summed E-state index contributed by atoms with van der Waals surface area (Å²) in [6, 6.07) is 8.88. The number of anilines is 1. The van der Waals surface area contributed by atoms with Gasteiger partial charge in [-0.25, -0.2) is 13.4 Å². The molecular weight excluding hydrogens is 500 g/mol. The van der Waals surface area contributed by atoms with Crippen LogP contribution in [0.25, 0.3) is 0 Å². The number of hydrogen-bond donors (Lipinski definition) is 2. The summed E-state index contributed by atoms with van der Waals surface area (Å²) >= 11 is 24.6. The molecule has 1 aromatic heterocycles. The summed E-state index contributed by atoms with van der Waals surface area (Å²) in [6.45, 7) is 0.208. The van der Waals surface area contributed by atoms with Crippen LogP contribution in [0.4, 0.5) is 5.13 Å². The van der Waals surface area contributed by atoms with E-state index in [1.54, 1.807) is 18.2 Å². The standard InChI is InChI=1S/C17H11Cl4N3O3S2/c18-11-3-1-9(5-12(11)19)7-22-16(25)10-2-4-14(13(20)6-10)29(26,27)24-17-23-8-15(21)28-17/h1-6,8H,7H2,(H,22,25)(H,23,24). The topological polar surface area (TPSA) is 88.2 Å². The number of nitrogens with zero attached hydrogens (tertiary/aromatic N) is 1. The Morgan fingerprint density at radius 1 is 1.00 bits per heavy atom. The van der Waals surface area contributed by atoms with Gasteiger partial charge in [0.15, 0.2) is 5.13 Å². The lowest BCUT2D eigenvalue weighted by molar-refractivity contribution is 0.0951. The highest BCUT2D eigenvalue weighted by Crippen LogP contribution is 2.28. The minimum Gasteiger partial charge on any atom is -0.348 e. The molecule has 0 unspecified atom stereocenters.